The van der Waals surface area contributed by atoms with Crippen LogP contribution in [0.1, 0.15) is 69.7 Å². The first-order valence-corrected chi connectivity index (χ1v) is 19.1. The number of benzene rings is 2. The molecule has 2 unspecified atom stereocenters. The highest BCUT2D eigenvalue weighted by Gasteiger charge is 2.35. The molecule has 0 bridgehead atoms. The van der Waals surface area contributed by atoms with Crippen molar-refractivity contribution >= 4 is 28.6 Å². The normalized spacial score (nSPS) is 12.6. The molecule has 0 aliphatic rings. The Kier molecular flexibility index (Phi) is 17.7. The summed E-state index contributed by atoms with van der Waals surface area (Å²) in [6, 6.07) is 14.1. The molecule has 2 aromatic carbocycles. The van der Waals surface area contributed by atoms with Crippen molar-refractivity contribution in [2.24, 2.45) is 11.8 Å². The molecule has 2 N–H and O–H groups in total. The minimum Gasteiger partial charge on any atom is -0.508 e. The summed E-state index contributed by atoms with van der Waals surface area (Å²) in [5.41, 5.74) is 0.862. The molecule has 2 rings (SSSR count). The van der Waals surface area contributed by atoms with Gasteiger partial charge in [0.2, 0.25) is 0 Å². The lowest BCUT2D eigenvalue weighted by atomic mass is 10.1. The fourth-order valence-corrected chi connectivity index (χ4v) is 15.2. The molecule has 0 saturated carbocycles. The molecular formula is C31H54O7Si2. The smallest absolute Gasteiger partial charge is 0.338 e. The Hall–Kier alpha value is -2.63. The molecule has 0 aliphatic heterocycles. The standard InChI is InChI=1S/C28H42O7Si2.3CH4/c1-21(15-17-33-27(31)23-7-11-25(29)12-8-23)19-36(3,4)35-37(5,6)20-22(2)16-18-34-28(32)24-9-13-26(30)14-10-24;;;/h7-14,21-22,29-30H,15-20H2,1-6H3;3*1H4. The molecule has 9 heteroatoms. The minimum absolute atomic E-state index is 0. The fraction of sp³-hybridized carbons (Fsp3) is 0.548. The van der Waals surface area contributed by atoms with E-state index >= 15 is 0 Å². The quantitative estimate of drug-likeness (QED) is 0.167. The van der Waals surface area contributed by atoms with Crippen LogP contribution in [0.15, 0.2) is 48.5 Å². The molecule has 0 aliphatic carbocycles. The van der Waals surface area contributed by atoms with Gasteiger partial charge in [-0.25, -0.2) is 9.59 Å². The van der Waals surface area contributed by atoms with Crippen molar-refractivity contribution in [1.29, 1.82) is 0 Å². The zero-order valence-corrected chi connectivity index (χ0v) is 25.0. The van der Waals surface area contributed by atoms with Crippen molar-refractivity contribution in [3.8, 4) is 11.5 Å². The van der Waals surface area contributed by atoms with E-state index in [2.05, 4.69) is 40.0 Å². The van der Waals surface area contributed by atoms with Crippen molar-refractivity contribution in [3.63, 3.8) is 0 Å². The first-order valence-electron chi connectivity index (χ1n) is 12.9. The molecule has 40 heavy (non-hydrogen) atoms. The summed E-state index contributed by atoms with van der Waals surface area (Å²) in [4.78, 5) is 24.3. The molecule has 0 aromatic heterocycles. The predicted octanol–water partition coefficient (Wildman–Crippen LogP) is 8.50. The summed E-state index contributed by atoms with van der Waals surface area (Å²) < 4.78 is 17.6. The zero-order chi connectivity index (χ0) is 27.6. The van der Waals surface area contributed by atoms with Gasteiger partial charge in [-0.05, 0) is 111 Å². The van der Waals surface area contributed by atoms with E-state index in [1.807, 2.05) is 0 Å². The van der Waals surface area contributed by atoms with Gasteiger partial charge in [0.05, 0.1) is 24.3 Å². The van der Waals surface area contributed by atoms with Crippen molar-refractivity contribution in [1.82, 2.24) is 0 Å². The van der Waals surface area contributed by atoms with E-state index in [4.69, 9.17) is 13.6 Å². The molecule has 2 aromatic rings. The topological polar surface area (TPSA) is 102 Å². The van der Waals surface area contributed by atoms with Gasteiger partial charge in [-0.2, -0.15) is 0 Å². The number of hydrogen-bond donors (Lipinski definition) is 2. The van der Waals surface area contributed by atoms with Crippen LogP contribution in [0, 0.1) is 11.8 Å². The summed E-state index contributed by atoms with van der Waals surface area (Å²) in [5, 5.41) is 18.7. The van der Waals surface area contributed by atoms with E-state index in [0.717, 1.165) is 24.9 Å². The first kappa shape index (κ1) is 39.5. The Morgan fingerprint density at radius 2 is 0.950 bits per heavy atom. The summed E-state index contributed by atoms with van der Waals surface area (Å²) in [6.45, 7) is 14.1. The average Bonchev–Trinajstić information content (AvgIpc) is 2.78. The van der Waals surface area contributed by atoms with Crippen molar-refractivity contribution in [2.45, 2.75) is 87.2 Å². The second-order valence-electron chi connectivity index (χ2n) is 11.2. The lowest BCUT2D eigenvalue weighted by Crippen LogP contribution is -2.46. The SMILES string of the molecule is C.C.C.CC(CCOC(=O)c1ccc(O)cc1)C[Si](C)(C)O[Si](C)(C)CC(C)CCOC(=O)c1ccc(O)cc1. The van der Waals surface area contributed by atoms with Gasteiger partial charge in [-0.15, -0.1) is 0 Å². The van der Waals surface area contributed by atoms with Crippen LogP contribution in [0.25, 0.3) is 0 Å². The Morgan fingerprint density at radius 3 is 1.25 bits per heavy atom. The van der Waals surface area contributed by atoms with Crippen LogP contribution >= 0.6 is 0 Å². The molecule has 7 nitrogen and oxygen atoms in total. The minimum atomic E-state index is -1.93. The van der Waals surface area contributed by atoms with Crippen LogP contribution in [0.2, 0.25) is 38.3 Å². The fourth-order valence-electron chi connectivity index (χ4n) is 4.78. The molecule has 0 heterocycles. The van der Waals surface area contributed by atoms with Crippen molar-refractivity contribution in [2.75, 3.05) is 13.2 Å². The third-order valence-corrected chi connectivity index (χ3v) is 13.9. The maximum absolute atomic E-state index is 12.2. The molecule has 228 valence electrons. The average molecular weight is 595 g/mol. The van der Waals surface area contributed by atoms with Crippen LogP contribution in [-0.2, 0) is 13.6 Å². The summed E-state index contributed by atoms with van der Waals surface area (Å²) in [6.07, 6.45) is 1.54. The Bertz CT molecular complexity index is 924. The third kappa shape index (κ3) is 14.7. The summed E-state index contributed by atoms with van der Waals surface area (Å²) in [7, 11) is -3.85. The number of rotatable bonds is 14. The lowest BCUT2D eigenvalue weighted by Gasteiger charge is -2.37. The number of aromatic hydroxyl groups is 2. The monoisotopic (exact) mass is 594 g/mol. The lowest BCUT2D eigenvalue weighted by molar-refractivity contribution is 0.0478. The predicted molar refractivity (Wildman–Crippen MR) is 170 cm³/mol. The van der Waals surface area contributed by atoms with Crippen molar-refractivity contribution < 1.29 is 33.4 Å². The Labute approximate surface area is 245 Å². The zero-order valence-electron chi connectivity index (χ0n) is 23.0. The molecule has 0 radical (unpaired) electrons. The number of carbonyl (C=O) groups excluding carboxylic acids is 2. The number of esters is 2. The van der Waals surface area contributed by atoms with Gasteiger partial charge in [0.15, 0.2) is 16.6 Å². The van der Waals surface area contributed by atoms with Gasteiger partial charge in [0.1, 0.15) is 11.5 Å². The van der Waals surface area contributed by atoms with Crippen LogP contribution < -0.4 is 0 Å². The van der Waals surface area contributed by atoms with Gasteiger partial charge in [0.25, 0.3) is 0 Å². The number of ether oxygens (including phenoxy) is 2. The second kappa shape index (κ2) is 17.9. The highest BCUT2D eigenvalue weighted by Crippen LogP contribution is 2.29. The van der Waals surface area contributed by atoms with Gasteiger partial charge < -0.3 is 23.8 Å². The van der Waals surface area contributed by atoms with Crippen LogP contribution in [0.4, 0.5) is 0 Å². The number of hydrogen-bond acceptors (Lipinski definition) is 7. The third-order valence-electron chi connectivity index (χ3n) is 6.13. The van der Waals surface area contributed by atoms with E-state index in [1.54, 1.807) is 24.3 Å². The van der Waals surface area contributed by atoms with E-state index in [-0.39, 0.29) is 45.7 Å². The molecule has 2 atom stereocenters. The van der Waals surface area contributed by atoms with E-state index in [0.29, 0.717) is 36.2 Å². The van der Waals surface area contributed by atoms with Gasteiger partial charge >= 0.3 is 11.9 Å². The molecule has 0 spiro atoms. The number of carbonyl (C=O) groups is 2. The Balaban J connectivity index is 0. The van der Waals surface area contributed by atoms with E-state index < -0.39 is 16.6 Å². The summed E-state index contributed by atoms with van der Waals surface area (Å²) >= 11 is 0. The van der Waals surface area contributed by atoms with E-state index in [9.17, 15) is 19.8 Å². The largest absolute Gasteiger partial charge is 0.508 e. The van der Waals surface area contributed by atoms with Crippen LogP contribution in [-0.4, -0.2) is 52.0 Å². The summed E-state index contributed by atoms with van der Waals surface area (Å²) in [5.74, 6) is 0.221. The second-order valence-corrected chi connectivity index (χ2v) is 19.9. The van der Waals surface area contributed by atoms with Crippen molar-refractivity contribution in [3.05, 3.63) is 59.7 Å². The van der Waals surface area contributed by atoms with Crippen LogP contribution in [0.5, 0.6) is 11.5 Å². The van der Waals surface area contributed by atoms with Gasteiger partial charge in [0, 0.05) is 0 Å². The maximum atomic E-state index is 12.2. The maximum Gasteiger partial charge on any atom is 0.338 e. The number of phenols is 2. The molecule has 0 fully saturated rings. The number of phenolic OH excluding ortho intramolecular Hbond substituents is 2. The van der Waals surface area contributed by atoms with E-state index in [1.165, 1.54) is 24.3 Å². The van der Waals surface area contributed by atoms with Gasteiger partial charge in [-0.1, -0.05) is 36.1 Å². The molecule has 0 saturated heterocycles. The molecular weight excluding hydrogens is 541 g/mol. The highest BCUT2D eigenvalue weighted by molar-refractivity contribution is 6.84. The molecule has 0 amide bonds. The highest BCUT2D eigenvalue weighted by atomic mass is 28.4. The Morgan fingerprint density at radius 1 is 0.650 bits per heavy atom. The van der Waals surface area contributed by atoms with Gasteiger partial charge in [-0.3, -0.25) is 0 Å². The first-order chi connectivity index (χ1) is 17.3. The van der Waals surface area contributed by atoms with Crippen LogP contribution in [0.3, 0.4) is 0 Å².